The van der Waals surface area contributed by atoms with Crippen molar-refractivity contribution < 1.29 is 8.83 Å². The molecule has 266 valence electrons. The van der Waals surface area contributed by atoms with Crippen molar-refractivity contribution in [1.82, 2.24) is 9.13 Å². The van der Waals surface area contributed by atoms with Crippen LogP contribution in [0.25, 0.3) is 110 Å². The van der Waals surface area contributed by atoms with Gasteiger partial charge in [-0.05, 0) is 60.7 Å². The van der Waals surface area contributed by atoms with E-state index in [-0.39, 0.29) is 11.1 Å². The molecular weight excluding hydrogens is 715 g/mol. The summed E-state index contributed by atoms with van der Waals surface area (Å²) < 4.78 is 17.2. The molecule has 7 nitrogen and oxygen atoms in total. The molecule has 58 heavy (non-hydrogen) atoms. The molecular formula is C51H25N5O2. The largest absolute Gasteiger partial charge is 0.456 e. The van der Waals surface area contributed by atoms with E-state index in [0.717, 1.165) is 93.1 Å². The highest BCUT2D eigenvalue weighted by Crippen LogP contribution is 2.46. The molecule has 0 fully saturated rings. The van der Waals surface area contributed by atoms with Crippen molar-refractivity contribution in [3.63, 3.8) is 0 Å². The summed E-state index contributed by atoms with van der Waals surface area (Å²) in [4.78, 5) is 0. The maximum Gasteiger partial charge on any atom is 0.145 e. The number of rotatable bonds is 3. The zero-order chi connectivity index (χ0) is 38.6. The fourth-order valence-corrected chi connectivity index (χ4v) is 9.24. The summed E-state index contributed by atoms with van der Waals surface area (Å²) >= 11 is 0. The van der Waals surface area contributed by atoms with Gasteiger partial charge in [0.05, 0.1) is 55.5 Å². The second-order valence-electron chi connectivity index (χ2n) is 14.5. The number of nitriles is 3. The third kappa shape index (κ3) is 4.13. The lowest BCUT2D eigenvalue weighted by Gasteiger charge is -2.21. The Balaban J connectivity index is 1.24. The average molecular weight is 740 g/mol. The van der Waals surface area contributed by atoms with Gasteiger partial charge in [0.25, 0.3) is 0 Å². The highest BCUT2D eigenvalue weighted by Gasteiger charge is 2.27. The molecule has 0 saturated carbocycles. The maximum absolute atomic E-state index is 11.0. The molecule has 0 amide bonds. The molecule has 0 N–H and O–H groups in total. The van der Waals surface area contributed by atoms with Gasteiger partial charge in [-0.15, -0.1) is 0 Å². The molecule has 0 bridgehead atoms. The molecule has 0 unspecified atom stereocenters. The number of fused-ring (bicyclic) bond motifs is 13. The molecule has 4 heterocycles. The van der Waals surface area contributed by atoms with Gasteiger partial charge in [-0.25, -0.2) is 0 Å². The SMILES string of the molecule is N#Cc1ccc(-c2cccc(C#N)c2-n2c3ccccc3c3c4oc5ccccc5c4ccc32)c(-n2c3ccccc3c3cc4oc5ccccc5c4cc32)c1C#N. The molecule has 12 rings (SSSR count). The normalized spacial score (nSPS) is 11.7. The number of hydrogen-bond acceptors (Lipinski definition) is 5. The summed E-state index contributed by atoms with van der Waals surface area (Å²) in [5.74, 6) is 0. The third-order valence-corrected chi connectivity index (χ3v) is 11.7. The minimum atomic E-state index is 0.235. The Kier molecular flexibility index (Phi) is 6.41. The molecule has 0 aliphatic heterocycles. The summed E-state index contributed by atoms with van der Waals surface area (Å²) in [5.41, 5.74) is 10.2. The molecule has 12 aromatic rings. The first-order valence-corrected chi connectivity index (χ1v) is 18.9. The first-order chi connectivity index (χ1) is 28.7. The van der Waals surface area contributed by atoms with Crippen molar-refractivity contribution in [2.75, 3.05) is 0 Å². The third-order valence-electron chi connectivity index (χ3n) is 11.7. The van der Waals surface area contributed by atoms with Gasteiger partial charge in [0.1, 0.15) is 40.5 Å². The fourth-order valence-electron chi connectivity index (χ4n) is 9.24. The Hall–Kier alpha value is -8.57. The lowest BCUT2D eigenvalue weighted by atomic mass is 9.93. The Morgan fingerprint density at radius 3 is 1.78 bits per heavy atom. The van der Waals surface area contributed by atoms with Crippen molar-refractivity contribution in [2.45, 2.75) is 0 Å². The van der Waals surface area contributed by atoms with Gasteiger partial charge in [-0.1, -0.05) is 91.0 Å². The number of hydrogen-bond donors (Lipinski definition) is 0. The number of nitrogens with zero attached hydrogens (tertiary/aromatic N) is 5. The Labute approximate surface area is 329 Å². The van der Waals surface area contributed by atoms with Crippen LogP contribution in [0.15, 0.2) is 160 Å². The highest BCUT2D eigenvalue weighted by molar-refractivity contribution is 6.24. The summed E-state index contributed by atoms with van der Waals surface area (Å²) in [5, 5.41) is 40.2. The van der Waals surface area contributed by atoms with Crippen LogP contribution in [0.1, 0.15) is 16.7 Å². The lowest BCUT2D eigenvalue weighted by molar-refractivity contribution is 0.669. The predicted octanol–water partition coefficient (Wildman–Crippen LogP) is 13.0. The van der Waals surface area contributed by atoms with Crippen LogP contribution in [0.4, 0.5) is 0 Å². The lowest BCUT2D eigenvalue weighted by Crippen LogP contribution is -2.06. The number of para-hydroxylation sites is 5. The van der Waals surface area contributed by atoms with Crippen LogP contribution in [-0.4, -0.2) is 9.13 Å². The molecule has 0 radical (unpaired) electrons. The van der Waals surface area contributed by atoms with Crippen molar-refractivity contribution in [1.29, 1.82) is 15.8 Å². The van der Waals surface area contributed by atoms with Gasteiger partial charge in [0.2, 0.25) is 0 Å². The second-order valence-corrected chi connectivity index (χ2v) is 14.5. The van der Waals surface area contributed by atoms with Crippen LogP contribution in [-0.2, 0) is 0 Å². The standard InChI is InChI=1S/C51H25N5O2/c52-26-29-20-21-35(50(40(29)28-54)56-41-16-5-1-11-31(41)38-25-47-39(24-44(38)56)33-13-4-7-18-45(33)57-47)34-15-9-10-30(27-53)49(34)55-42-17-6-2-14-37(42)48-43(55)23-22-36-32-12-3-8-19-46(32)58-51(36)48/h1-25H. The van der Waals surface area contributed by atoms with Crippen molar-refractivity contribution >= 4 is 87.5 Å². The number of benzene rings is 8. The van der Waals surface area contributed by atoms with E-state index in [4.69, 9.17) is 8.83 Å². The monoisotopic (exact) mass is 739 g/mol. The fraction of sp³-hybridized carbons (Fsp3) is 0. The highest BCUT2D eigenvalue weighted by atomic mass is 16.3. The van der Waals surface area contributed by atoms with E-state index >= 15 is 0 Å². The van der Waals surface area contributed by atoms with E-state index in [1.165, 1.54) is 0 Å². The molecule has 4 aromatic heterocycles. The van der Waals surface area contributed by atoms with Crippen LogP contribution in [0.2, 0.25) is 0 Å². The Bertz CT molecular complexity index is 3910. The van der Waals surface area contributed by atoms with Crippen LogP contribution in [0, 0.1) is 34.0 Å². The van der Waals surface area contributed by atoms with Crippen LogP contribution < -0.4 is 0 Å². The minimum Gasteiger partial charge on any atom is -0.456 e. The van der Waals surface area contributed by atoms with E-state index in [1.807, 2.05) is 97.1 Å². The number of aromatic nitrogens is 2. The van der Waals surface area contributed by atoms with Crippen molar-refractivity contribution in [3.05, 3.63) is 168 Å². The quantitative estimate of drug-likeness (QED) is 0.179. The summed E-state index contributed by atoms with van der Waals surface area (Å²) in [7, 11) is 0. The van der Waals surface area contributed by atoms with Gasteiger partial charge in [-0.2, -0.15) is 15.8 Å². The van der Waals surface area contributed by atoms with Crippen LogP contribution in [0.3, 0.4) is 0 Å². The van der Waals surface area contributed by atoms with E-state index in [1.54, 1.807) is 6.07 Å². The molecule has 0 atom stereocenters. The van der Waals surface area contributed by atoms with Crippen molar-refractivity contribution in [3.8, 4) is 40.7 Å². The maximum atomic E-state index is 11.0. The molecule has 8 aromatic carbocycles. The van der Waals surface area contributed by atoms with Gasteiger partial charge in [0, 0.05) is 48.8 Å². The van der Waals surface area contributed by atoms with Gasteiger partial charge < -0.3 is 18.0 Å². The first-order valence-electron chi connectivity index (χ1n) is 18.9. The molecule has 0 spiro atoms. The van der Waals surface area contributed by atoms with Gasteiger partial charge in [0.15, 0.2) is 0 Å². The second kappa shape index (κ2) is 11.7. The van der Waals surface area contributed by atoms with E-state index in [9.17, 15) is 15.8 Å². The van der Waals surface area contributed by atoms with E-state index < -0.39 is 0 Å². The van der Waals surface area contributed by atoms with E-state index in [2.05, 4.69) is 75.9 Å². The first kappa shape index (κ1) is 31.7. The minimum absolute atomic E-state index is 0.235. The smallest absolute Gasteiger partial charge is 0.145 e. The van der Waals surface area contributed by atoms with Gasteiger partial charge >= 0.3 is 0 Å². The van der Waals surface area contributed by atoms with Crippen molar-refractivity contribution in [2.24, 2.45) is 0 Å². The predicted molar refractivity (Wildman–Crippen MR) is 229 cm³/mol. The Morgan fingerprint density at radius 1 is 0.379 bits per heavy atom. The molecule has 7 heteroatoms. The van der Waals surface area contributed by atoms with Crippen LogP contribution >= 0.6 is 0 Å². The summed E-state index contributed by atoms with van der Waals surface area (Å²) in [6, 6.07) is 57.2. The Morgan fingerprint density at radius 2 is 1.02 bits per heavy atom. The zero-order valence-electron chi connectivity index (χ0n) is 30.5. The van der Waals surface area contributed by atoms with E-state index in [0.29, 0.717) is 22.5 Å². The van der Waals surface area contributed by atoms with Crippen LogP contribution in [0.5, 0.6) is 0 Å². The summed E-state index contributed by atoms with van der Waals surface area (Å²) in [6.45, 7) is 0. The topological polar surface area (TPSA) is 108 Å². The zero-order valence-corrected chi connectivity index (χ0v) is 30.5. The summed E-state index contributed by atoms with van der Waals surface area (Å²) in [6.07, 6.45) is 0. The molecule has 0 aliphatic carbocycles. The number of furan rings is 2. The average Bonchev–Trinajstić information content (AvgIpc) is 4.02. The molecule has 0 aliphatic rings. The van der Waals surface area contributed by atoms with Gasteiger partial charge in [-0.3, -0.25) is 0 Å². The molecule has 0 saturated heterocycles.